The third kappa shape index (κ3) is 10.3. The van der Waals surface area contributed by atoms with Crippen LogP contribution in [0.15, 0.2) is 24.3 Å². The lowest BCUT2D eigenvalue weighted by atomic mass is 9.92. The van der Waals surface area contributed by atoms with E-state index in [0.717, 1.165) is 38.8 Å². The molecule has 1 aromatic rings. The number of carboxylic acids is 1. The Hall–Kier alpha value is -3.14. The summed E-state index contributed by atoms with van der Waals surface area (Å²) in [7, 11) is 0. The molecule has 1 aromatic carbocycles. The number of aliphatic carboxylic acids is 1. The molecule has 35 heavy (non-hydrogen) atoms. The van der Waals surface area contributed by atoms with Gasteiger partial charge in [-0.3, -0.25) is 19.8 Å². The number of piperazine rings is 1. The zero-order chi connectivity index (χ0) is 25.6. The van der Waals surface area contributed by atoms with Crippen LogP contribution in [0, 0.1) is 11.3 Å². The number of hydrogen-bond acceptors (Lipinski definition) is 6. The number of carboxylic acid groups (broad SMARTS) is 1. The third-order valence-corrected chi connectivity index (χ3v) is 6.15. The Kier molecular flexibility index (Phi) is 12.0. The number of ether oxygens (including phenoxy) is 1. The third-order valence-electron chi connectivity index (χ3n) is 6.15. The molecule has 2 aliphatic rings. The van der Waals surface area contributed by atoms with E-state index in [-0.39, 0.29) is 11.7 Å². The second kappa shape index (κ2) is 15.0. The summed E-state index contributed by atoms with van der Waals surface area (Å²) in [5.74, 6) is -0.0636. The number of amidine groups is 1. The van der Waals surface area contributed by atoms with Gasteiger partial charge in [0.15, 0.2) is 0 Å². The van der Waals surface area contributed by atoms with E-state index in [4.69, 9.17) is 25.8 Å². The van der Waals surface area contributed by atoms with Crippen LogP contribution in [-0.4, -0.2) is 84.4 Å². The Labute approximate surface area is 207 Å². The lowest BCUT2D eigenvalue weighted by Crippen LogP contribution is -2.54. The van der Waals surface area contributed by atoms with E-state index in [1.165, 1.54) is 19.3 Å². The molecule has 10 heteroatoms. The number of nitrogens with one attached hydrogen (secondary N) is 2. The summed E-state index contributed by atoms with van der Waals surface area (Å²) in [5.41, 5.74) is 6.09. The van der Waals surface area contributed by atoms with E-state index in [9.17, 15) is 9.59 Å². The summed E-state index contributed by atoms with van der Waals surface area (Å²) in [6, 6.07) is 7.03. The van der Waals surface area contributed by atoms with Gasteiger partial charge in [-0.1, -0.05) is 12.8 Å². The average Bonchev–Trinajstić information content (AvgIpc) is 2.83. The molecule has 0 saturated carbocycles. The minimum absolute atomic E-state index is 0.0237. The van der Waals surface area contributed by atoms with Crippen LogP contribution in [-0.2, 0) is 14.4 Å². The van der Waals surface area contributed by atoms with E-state index in [0.29, 0.717) is 50.5 Å². The van der Waals surface area contributed by atoms with Gasteiger partial charge < -0.3 is 30.7 Å². The van der Waals surface area contributed by atoms with E-state index >= 15 is 0 Å². The van der Waals surface area contributed by atoms with Gasteiger partial charge in [-0.25, -0.2) is 0 Å². The lowest BCUT2D eigenvalue weighted by molar-refractivity contribution is -0.156. The molecular formula is C25H39N5O5. The van der Waals surface area contributed by atoms with Crippen molar-refractivity contribution in [2.75, 3.05) is 45.9 Å². The molecule has 5 N–H and O–H groups in total. The standard InChI is InChI=1S/C23H35N5O3.C2H4O2/c24-21(25)19-5-7-20(8-6-19)31-17-3-14-28-16-15-27(22(29)23(28)30)13-2-1-4-18-9-11-26-12-10-18;1-2(3)4/h5-8,18,26H,1-4,9-17H2,(H3,24,25);1H3,(H,3,4). The number of hydrogen-bond donors (Lipinski definition) is 4. The Morgan fingerprint density at radius 1 is 1.06 bits per heavy atom. The molecule has 2 heterocycles. The molecule has 194 valence electrons. The molecule has 0 radical (unpaired) electrons. The molecule has 2 aliphatic heterocycles. The fourth-order valence-corrected chi connectivity index (χ4v) is 4.22. The number of unbranched alkanes of at least 4 members (excludes halogenated alkanes) is 1. The van der Waals surface area contributed by atoms with Gasteiger partial charge in [0.2, 0.25) is 0 Å². The Morgan fingerprint density at radius 2 is 1.60 bits per heavy atom. The van der Waals surface area contributed by atoms with Crippen molar-refractivity contribution in [1.82, 2.24) is 15.1 Å². The summed E-state index contributed by atoms with van der Waals surface area (Å²) in [6.45, 7) is 6.19. The highest BCUT2D eigenvalue weighted by atomic mass is 16.5. The lowest BCUT2D eigenvalue weighted by Gasteiger charge is -2.34. The monoisotopic (exact) mass is 489 g/mol. The number of amides is 2. The first-order valence-electron chi connectivity index (χ1n) is 12.3. The second-order valence-electron chi connectivity index (χ2n) is 8.93. The van der Waals surface area contributed by atoms with Crippen molar-refractivity contribution in [2.24, 2.45) is 11.7 Å². The predicted octanol–water partition coefficient (Wildman–Crippen LogP) is 1.67. The number of benzene rings is 1. The van der Waals surface area contributed by atoms with Gasteiger partial charge in [0.25, 0.3) is 5.97 Å². The number of nitrogen functional groups attached to an aromatic ring is 1. The molecule has 0 aromatic heterocycles. The van der Waals surface area contributed by atoms with Crippen molar-refractivity contribution in [3.05, 3.63) is 29.8 Å². The van der Waals surface area contributed by atoms with Gasteiger partial charge >= 0.3 is 11.8 Å². The van der Waals surface area contributed by atoms with Crippen LogP contribution in [0.4, 0.5) is 0 Å². The maximum Gasteiger partial charge on any atom is 0.312 e. The van der Waals surface area contributed by atoms with E-state index in [1.807, 2.05) is 0 Å². The van der Waals surface area contributed by atoms with Crippen molar-refractivity contribution in [2.45, 2.75) is 45.4 Å². The van der Waals surface area contributed by atoms with Crippen LogP contribution in [0.2, 0.25) is 0 Å². The van der Waals surface area contributed by atoms with Gasteiger partial charge in [-0.05, 0) is 69.0 Å². The fraction of sp³-hybridized carbons (Fsp3) is 0.600. The number of nitrogens with two attached hydrogens (primary N) is 1. The molecule has 2 amide bonds. The van der Waals surface area contributed by atoms with Crippen molar-refractivity contribution >= 4 is 23.6 Å². The number of carbonyl (C=O) groups is 3. The summed E-state index contributed by atoms with van der Waals surface area (Å²) >= 11 is 0. The number of nitrogens with zero attached hydrogens (tertiary/aromatic N) is 2. The van der Waals surface area contributed by atoms with Gasteiger partial charge in [-0.15, -0.1) is 0 Å². The first-order chi connectivity index (χ1) is 16.8. The van der Waals surface area contributed by atoms with E-state index in [1.54, 1.807) is 34.1 Å². The van der Waals surface area contributed by atoms with Gasteiger partial charge in [0.05, 0.1) is 6.61 Å². The number of carbonyl (C=O) groups excluding carboxylic acids is 2. The molecule has 3 rings (SSSR count). The average molecular weight is 490 g/mol. The summed E-state index contributed by atoms with van der Waals surface area (Å²) in [4.78, 5) is 37.2. The van der Waals surface area contributed by atoms with Crippen LogP contribution in [0.1, 0.15) is 51.0 Å². The van der Waals surface area contributed by atoms with E-state index < -0.39 is 11.9 Å². The maximum absolute atomic E-state index is 12.4. The van der Waals surface area contributed by atoms with Crippen molar-refractivity contribution in [3.63, 3.8) is 0 Å². The van der Waals surface area contributed by atoms with Crippen molar-refractivity contribution < 1.29 is 24.2 Å². The van der Waals surface area contributed by atoms with Gasteiger partial charge in [-0.2, -0.15) is 0 Å². The molecule has 2 fully saturated rings. The summed E-state index contributed by atoms with van der Waals surface area (Å²) < 4.78 is 5.68. The van der Waals surface area contributed by atoms with Crippen LogP contribution in [0.25, 0.3) is 0 Å². The minimum atomic E-state index is -0.833. The van der Waals surface area contributed by atoms with E-state index in [2.05, 4.69) is 5.32 Å². The first-order valence-corrected chi connectivity index (χ1v) is 12.3. The highest BCUT2D eigenvalue weighted by Gasteiger charge is 2.31. The minimum Gasteiger partial charge on any atom is -0.494 e. The second-order valence-corrected chi connectivity index (χ2v) is 8.93. The molecule has 0 bridgehead atoms. The molecule has 2 saturated heterocycles. The fourth-order valence-electron chi connectivity index (χ4n) is 4.22. The quantitative estimate of drug-likeness (QED) is 0.160. The Morgan fingerprint density at radius 3 is 2.14 bits per heavy atom. The molecule has 0 atom stereocenters. The highest BCUT2D eigenvalue weighted by molar-refractivity contribution is 6.35. The highest BCUT2D eigenvalue weighted by Crippen LogP contribution is 2.19. The van der Waals surface area contributed by atoms with Crippen LogP contribution in [0.5, 0.6) is 5.75 Å². The maximum atomic E-state index is 12.4. The number of piperidine rings is 1. The molecule has 0 spiro atoms. The van der Waals surface area contributed by atoms with Crippen LogP contribution in [0.3, 0.4) is 0 Å². The molecule has 0 unspecified atom stereocenters. The zero-order valence-electron chi connectivity index (χ0n) is 20.6. The Balaban J connectivity index is 0.00000100. The first kappa shape index (κ1) is 28.1. The summed E-state index contributed by atoms with van der Waals surface area (Å²) in [6.07, 6.45) is 6.48. The smallest absolute Gasteiger partial charge is 0.312 e. The largest absolute Gasteiger partial charge is 0.494 e. The van der Waals surface area contributed by atoms with Crippen LogP contribution < -0.4 is 15.8 Å². The Bertz CT molecular complexity index is 835. The molecule has 10 nitrogen and oxygen atoms in total. The zero-order valence-corrected chi connectivity index (χ0v) is 20.6. The topological polar surface area (TPSA) is 149 Å². The summed E-state index contributed by atoms with van der Waals surface area (Å²) in [5, 5.41) is 18.2. The van der Waals surface area contributed by atoms with Gasteiger partial charge in [0, 0.05) is 38.7 Å². The predicted molar refractivity (Wildman–Crippen MR) is 133 cm³/mol. The van der Waals surface area contributed by atoms with Crippen LogP contribution >= 0.6 is 0 Å². The van der Waals surface area contributed by atoms with Gasteiger partial charge in [0.1, 0.15) is 11.6 Å². The molecular weight excluding hydrogens is 450 g/mol. The SMILES string of the molecule is CC(=O)O.N=C(N)c1ccc(OCCCN2CCN(CCCCC3CCNCC3)C(=O)C2=O)cc1. The number of rotatable bonds is 11. The molecule has 0 aliphatic carbocycles. The van der Waals surface area contributed by atoms with Crippen molar-refractivity contribution in [1.29, 1.82) is 5.41 Å². The normalized spacial score (nSPS) is 16.5. The van der Waals surface area contributed by atoms with Crippen molar-refractivity contribution in [3.8, 4) is 5.75 Å².